The van der Waals surface area contributed by atoms with Crippen molar-refractivity contribution in [1.82, 2.24) is 0 Å². The minimum atomic E-state index is 0.829. The Kier molecular flexibility index (Phi) is 1.60. The monoisotopic (exact) mass is 182 g/mol. The zero-order chi connectivity index (χ0) is 7.84. The topological polar surface area (TPSA) is 7.45 Å². The van der Waals surface area contributed by atoms with E-state index in [1.807, 2.05) is 24.3 Å². The summed E-state index contributed by atoms with van der Waals surface area (Å²) in [5.41, 5.74) is 2.09. The second-order valence-corrected chi connectivity index (χ2v) is 3.17. The van der Waals surface area contributed by atoms with Gasteiger partial charge in [-0.2, -0.15) is 0 Å². The third kappa shape index (κ3) is 1.03. The molecule has 0 radical (unpaired) electrons. The van der Waals surface area contributed by atoms with E-state index in [2.05, 4.69) is 0 Å². The third-order valence-electron chi connectivity index (χ3n) is 1.64. The van der Waals surface area contributed by atoms with Gasteiger partial charge in [0.25, 0.3) is 5.69 Å². The van der Waals surface area contributed by atoms with Gasteiger partial charge in [0, 0.05) is 12.1 Å². The maximum Gasteiger partial charge on any atom is 0.303 e. The van der Waals surface area contributed by atoms with Crippen molar-refractivity contribution in [3.8, 4) is 0 Å². The number of hydrogen-bond acceptors (Lipinski definition) is 2. The van der Waals surface area contributed by atoms with E-state index in [1.54, 1.807) is 10.3 Å². The summed E-state index contributed by atoms with van der Waals surface area (Å²) in [6.07, 6.45) is 1.79. The Balaban J connectivity index is 2.62. The first-order valence-corrected chi connectivity index (χ1v) is 4.01. The summed E-state index contributed by atoms with van der Waals surface area (Å²) < 4.78 is 2.47. The van der Waals surface area contributed by atoms with Crippen LogP contribution in [0.5, 0.6) is 0 Å². The van der Waals surface area contributed by atoms with Gasteiger partial charge in [-0.05, 0) is 0 Å². The lowest BCUT2D eigenvalue weighted by Crippen LogP contribution is -3.00. The van der Waals surface area contributed by atoms with Gasteiger partial charge < -0.3 is 29.9 Å². The first-order valence-electron chi connectivity index (χ1n) is 3.23. The van der Waals surface area contributed by atoms with Crippen LogP contribution in [0.3, 0.4) is 0 Å². The maximum atomic E-state index is 5.09. The van der Waals surface area contributed by atoms with E-state index in [9.17, 15) is 0 Å². The number of nitrogens with zero attached hydrogens (tertiary/aromatic N) is 1. The second kappa shape index (κ2) is 2.48. The van der Waals surface area contributed by atoms with Crippen LogP contribution >= 0.6 is 0 Å². The molecule has 0 spiro atoms. The average molecular weight is 182 g/mol. The smallest absolute Gasteiger partial charge is 0.303 e. The van der Waals surface area contributed by atoms with Crippen LogP contribution in [0.4, 0.5) is 11.4 Å². The highest BCUT2D eigenvalue weighted by atomic mass is 32.1. The van der Waals surface area contributed by atoms with Crippen LogP contribution in [-0.2, 0) is 25.6 Å². The molecule has 1 unspecified atom stereocenters. The lowest BCUT2D eigenvalue weighted by Gasteiger charge is -2.06. The van der Waals surface area contributed by atoms with Gasteiger partial charge in [0.15, 0.2) is 5.69 Å². The molecule has 1 aliphatic rings. The predicted octanol–water partition coefficient (Wildman–Crippen LogP) is -0.187. The fourth-order valence-corrected chi connectivity index (χ4v) is 1.73. The quantitative estimate of drug-likeness (QED) is 0.439. The zero-order valence-corrected chi connectivity index (χ0v) is 7.28. The minimum Gasteiger partial charge on any atom is -0.478 e. The Hall–Kier alpha value is -0.580. The van der Waals surface area contributed by atoms with Crippen LogP contribution < -0.4 is 4.31 Å². The molecule has 0 bridgehead atoms. The van der Waals surface area contributed by atoms with Crippen LogP contribution in [0, 0.1) is 0 Å². The second-order valence-electron chi connectivity index (χ2n) is 2.34. The summed E-state index contributed by atoms with van der Waals surface area (Å²) in [4.78, 5) is 0. The number of benzene rings is 1. The van der Waals surface area contributed by atoms with Gasteiger partial charge >= 0.3 is 6.34 Å². The number of fused-ring (bicyclic) bond motifs is 1. The average Bonchev–Trinajstić information content (AvgIpc) is 2.30. The molecule has 1 aromatic rings. The van der Waals surface area contributed by atoms with Gasteiger partial charge in [-0.25, -0.2) is 3.98 Å². The first kappa shape index (κ1) is 7.09. The highest BCUT2D eigenvalue weighted by Gasteiger charge is 2.19. The van der Waals surface area contributed by atoms with E-state index in [-0.39, 0.29) is 0 Å². The Morgan fingerprint density at radius 3 is 2.73 bits per heavy atom. The van der Waals surface area contributed by atoms with E-state index in [0.29, 0.717) is 0 Å². The maximum absolute atomic E-state index is 5.09. The van der Waals surface area contributed by atoms with Crippen LogP contribution in [0.2, 0.25) is 0 Å². The van der Waals surface area contributed by atoms with E-state index in [0.717, 1.165) is 15.7 Å². The van der Waals surface area contributed by atoms with Crippen molar-refractivity contribution in [2.75, 3.05) is 0 Å². The molecular formula is C7H6N2S2. The predicted molar refractivity (Wildman–Crippen MR) is 47.8 cm³/mol. The SMILES string of the molecule is [S-][N+]1=C[NH+]([S-])c2ccccc21. The Bertz CT molecular complexity index is 322. The lowest BCUT2D eigenvalue weighted by atomic mass is 10.3. The minimum absolute atomic E-state index is 0.829. The summed E-state index contributed by atoms with van der Waals surface area (Å²) >= 11 is 10.1. The molecule has 56 valence electrons. The molecule has 1 atom stereocenters. The molecule has 0 saturated heterocycles. The molecule has 1 aromatic carbocycles. The van der Waals surface area contributed by atoms with Crippen LogP contribution in [-0.4, -0.2) is 10.3 Å². The van der Waals surface area contributed by atoms with Gasteiger partial charge in [-0.15, -0.1) is 0 Å². The highest BCUT2D eigenvalue weighted by molar-refractivity contribution is 7.52. The number of quaternary nitrogens is 1. The van der Waals surface area contributed by atoms with Crippen molar-refractivity contribution in [1.29, 1.82) is 0 Å². The fourth-order valence-electron chi connectivity index (χ4n) is 1.12. The molecule has 2 rings (SSSR count). The van der Waals surface area contributed by atoms with E-state index in [1.165, 1.54) is 0 Å². The molecule has 1 aliphatic heterocycles. The Morgan fingerprint density at radius 1 is 1.27 bits per heavy atom. The number of nitrogens with one attached hydrogen (secondary N) is 1. The van der Waals surface area contributed by atoms with Gasteiger partial charge in [0.2, 0.25) is 0 Å². The van der Waals surface area contributed by atoms with Gasteiger partial charge in [-0.3, -0.25) is 0 Å². The molecule has 0 aromatic heterocycles. The fraction of sp³-hybridized carbons (Fsp3) is 0. The van der Waals surface area contributed by atoms with Gasteiger partial charge in [0.1, 0.15) is 0 Å². The molecule has 1 N–H and O–H groups in total. The van der Waals surface area contributed by atoms with Crippen LogP contribution in [0.1, 0.15) is 0 Å². The van der Waals surface area contributed by atoms with E-state index in [4.69, 9.17) is 25.6 Å². The Labute approximate surface area is 76.2 Å². The van der Waals surface area contributed by atoms with Crippen molar-refractivity contribution in [3.63, 3.8) is 0 Å². The van der Waals surface area contributed by atoms with Crippen molar-refractivity contribution in [2.24, 2.45) is 0 Å². The number of hydrogen-bond donors (Lipinski definition) is 1. The van der Waals surface area contributed by atoms with E-state index >= 15 is 0 Å². The largest absolute Gasteiger partial charge is 0.478 e. The van der Waals surface area contributed by atoms with Crippen LogP contribution in [0.15, 0.2) is 24.3 Å². The van der Waals surface area contributed by atoms with Crippen molar-refractivity contribution < 1.29 is 8.29 Å². The molecular weight excluding hydrogens is 176 g/mol. The standard InChI is InChI=1S/C7H6N2S2/c10-8-5-9(11)7-4-2-1-3-6(7)8/h1-5,8H. The Morgan fingerprint density at radius 2 is 2.00 bits per heavy atom. The molecule has 2 nitrogen and oxygen atoms in total. The summed E-state index contributed by atoms with van der Waals surface area (Å²) in [5.74, 6) is 0. The normalized spacial score (nSPS) is 21.2. The van der Waals surface area contributed by atoms with Crippen molar-refractivity contribution >= 4 is 43.3 Å². The third-order valence-corrected chi connectivity index (χ3v) is 2.27. The summed E-state index contributed by atoms with van der Waals surface area (Å²) in [7, 11) is 0. The molecule has 0 fully saturated rings. The molecule has 0 aliphatic carbocycles. The molecule has 0 amide bonds. The number of para-hydroxylation sites is 2. The molecule has 4 heteroatoms. The first-order chi connectivity index (χ1) is 5.29. The number of rotatable bonds is 0. The molecule has 11 heavy (non-hydrogen) atoms. The van der Waals surface area contributed by atoms with Crippen molar-refractivity contribution in [2.45, 2.75) is 0 Å². The zero-order valence-electron chi connectivity index (χ0n) is 5.65. The molecule has 1 heterocycles. The summed E-state index contributed by atoms with van der Waals surface area (Å²) in [5, 5.41) is 0. The lowest BCUT2D eigenvalue weighted by molar-refractivity contribution is -0.557. The van der Waals surface area contributed by atoms with Crippen LogP contribution in [0.25, 0.3) is 0 Å². The molecule has 0 saturated carbocycles. The highest BCUT2D eigenvalue weighted by Crippen LogP contribution is 2.21. The summed E-state index contributed by atoms with van der Waals surface area (Å²) in [6, 6.07) is 7.88. The summed E-state index contributed by atoms with van der Waals surface area (Å²) in [6.45, 7) is 0. The van der Waals surface area contributed by atoms with Crippen molar-refractivity contribution in [3.05, 3.63) is 24.3 Å². The van der Waals surface area contributed by atoms with Gasteiger partial charge in [-0.1, -0.05) is 12.1 Å². The van der Waals surface area contributed by atoms with Gasteiger partial charge in [0.05, 0.1) is 0 Å². The van der Waals surface area contributed by atoms with E-state index < -0.39 is 0 Å².